The van der Waals surface area contributed by atoms with E-state index in [1.807, 2.05) is 34.6 Å². The summed E-state index contributed by atoms with van der Waals surface area (Å²) < 4.78 is 35.1. The summed E-state index contributed by atoms with van der Waals surface area (Å²) >= 11 is 0. The van der Waals surface area contributed by atoms with Gasteiger partial charge in [-0.2, -0.15) is 0 Å². The third kappa shape index (κ3) is 5.14. The number of rotatable bonds is 5. The van der Waals surface area contributed by atoms with E-state index in [2.05, 4.69) is 0 Å². The maximum absolute atomic E-state index is 12.0. The van der Waals surface area contributed by atoms with Crippen LogP contribution in [0.25, 0.3) is 0 Å². The van der Waals surface area contributed by atoms with Crippen LogP contribution in [0.15, 0.2) is 0 Å². The predicted octanol–water partition coefficient (Wildman–Crippen LogP) is 1.31. The molecule has 4 heterocycles. The molecule has 0 saturated carbocycles. The molecule has 0 aliphatic carbocycles. The number of hydrogen-bond donors (Lipinski definition) is 2. The second-order valence-electron chi connectivity index (χ2n) is 10.9. The molecule has 0 aromatic heterocycles. The second-order valence-corrected chi connectivity index (χ2v) is 10.9. The van der Waals surface area contributed by atoms with Crippen molar-refractivity contribution in [3.05, 3.63) is 0 Å². The van der Waals surface area contributed by atoms with Crippen LogP contribution >= 0.6 is 0 Å². The lowest BCUT2D eigenvalue weighted by molar-refractivity contribution is -0.260. The van der Waals surface area contributed by atoms with Crippen molar-refractivity contribution >= 4 is 5.97 Å². The van der Waals surface area contributed by atoms with Gasteiger partial charge in [-0.3, -0.25) is 4.79 Å². The minimum absolute atomic E-state index is 0.132. The molecular weight excluding hydrogens is 420 g/mol. The van der Waals surface area contributed by atoms with Gasteiger partial charge in [0.1, 0.15) is 30.5 Å². The molecule has 0 amide bonds. The van der Waals surface area contributed by atoms with Crippen LogP contribution in [-0.2, 0) is 33.2 Å². The van der Waals surface area contributed by atoms with Crippen LogP contribution in [0.1, 0.15) is 60.3 Å². The van der Waals surface area contributed by atoms with Crippen LogP contribution in [0.2, 0.25) is 0 Å². The van der Waals surface area contributed by atoms with Crippen LogP contribution in [0.3, 0.4) is 0 Å². The average Bonchev–Trinajstić information content (AvgIpc) is 3.21. The average molecular weight is 459 g/mol. The summed E-state index contributed by atoms with van der Waals surface area (Å²) in [7, 11) is 0. The molecule has 9 atom stereocenters. The highest BCUT2D eigenvalue weighted by Gasteiger charge is 2.57. The Balaban J connectivity index is 1.30. The minimum atomic E-state index is -0.907. The van der Waals surface area contributed by atoms with Gasteiger partial charge in [0, 0.05) is 12.8 Å². The third-order valence-corrected chi connectivity index (χ3v) is 6.72. The summed E-state index contributed by atoms with van der Waals surface area (Å²) in [6, 6.07) is 0. The van der Waals surface area contributed by atoms with Crippen molar-refractivity contribution in [2.45, 2.75) is 121 Å². The van der Waals surface area contributed by atoms with Gasteiger partial charge >= 0.3 is 5.97 Å². The Morgan fingerprint density at radius 3 is 2.38 bits per heavy atom. The van der Waals surface area contributed by atoms with E-state index in [9.17, 15) is 15.0 Å². The molecule has 4 aliphatic heterocycles. The largest absolute Gasteiger partial charge is 0.465 e. The first-order valence-corrected chi connectivity index (χ1v) is 11.8. The van der Waals surface area contributed by atoms with E-state index in [1.54, 1.807) is 0 Å². The lowest BCUT2D eigenvalue weighted by Gasteiger charge is -2.46. The highest BCUT2D eigenvalue weighted by molar-refractivity contribution is 5.75. The van der Waals surface area contributed by atoms with Gasteiger partial charge in [0.05, 0.1) is 43.0 Å². The standard InChI is InChI=1S/C23H38O9/c1-22(2,3)21(26)27-9-8-12-6-7-14-18(29-12)17(25)20-19(30-14)16(24)15(31-20)10-13-11-28-23(4,5)32-13/h12-20,24-25H,6-11H2,1-5H3/t12?,13-,14?,15-,16?,17?,18+,19+,20?/m1/s1. The Morgan fingerprint density at radius 1 is 1.00 bits per heavy atom. The second kappa shape index (κ2) is 9.09. The normalized spacial score (nSPS) is 43.5. The van der Waals surface area contributed by atoms with Crippen molar-refractivity contribution in [2.24, 2.45) is 5.41 Å². The highest BCUT2D eigenvalue weighted by Crippen LogP contribution is 2.40. The molecular formula is C23H38O9. The van der Waals surface area contributed by atoms with E-state index in [0.717, 1.165) is 6.42 Å². The first kappa shape index (κ1) is 24.3. The van der Waals surface area contributed by atoms with Crippen molar-refractivity contribution < 1.29 is 43.4 Å². The fraction of sp³-hybridized carbons (Fsp3) is 0.957. The maximum atomic E-state index is 12.0. The molecule has 4 aliphatic rings. The van der Waals surface area contributed by atoms with Gasteiger partial charge in [-0.1, -0.05) is 0 Å². The lowest BCUT2D eigenvalue weighted by atomic mass is 9.88. The Bertz CT molecular complexity index is 675. The molecule has 4 fully saturated rings. The fourth-order valence-electron chi connectivity index (χ4n) is 4.97. The zero-order valence-corrected chi connectivity index (χ0v) is 19.7. The number of aliphatic hydroxyl groups is 2. The van der Waals surface area contributed by atoms with Crippen LogP contribution in [0.5, 0.6) is 0 Å². The van der Waals surface area contributed by atoms with Crippen molar-refractivity contribution in [3.63, 3.8) is 0 Å². The smallest absolute Gasteiger partial charge is 0.311 e. The van der Waals surface area contributed by atoms with Crippen LogP contribution in [-0.4, -0.2) is 90.1 Å². The molecule has 32 heavy (non-hydrogen) atoms. The Hall–Kier alpha value is -0.810. The van der Waals surface area contributed by atoms with Crippen molar-refractivity contribution in [1.29, 1.82) is 0 Å². The van der Waals surface area contributed by atoms with Crippen molar-refractivity contribution in [2.75, 3.05) is 13.2 Å². The zero-order valence-electron chi connectivity index (χ0n) is 19.7. The SMILES string of the molecule is CC1(C)OC[C@@H](C[C@H]2OC3C(O)[C@H]4OC(CCOC(=O)C(C)(C)C)CCC4O[C@H]3C2O)O1. The van der Waals surface area contributed by atoms with E-state index in [-0.39, 0.29) is 30.9 Å². The summed E-state index contributed by atoms with van der Waals surface area (Å²) in [6.07, 6.45) is -2.21. The molecule has 2 N–H and O–H groups in total. The number of aliphatic hydroxyl groups excluding tert-OH is 2. The van der Waals surface area contributed by atoms with Gasteiger partial charge in [0.2, 0.25) is 0 Å². The zero-order chi connectivity index (χ0) is 23.3. The summed E-state index contributed by atoms with van der Waals surface area (Å²) in [5, 5.41) is 21.8. The minimum Gasteiger partial charge on any atom is -0.465 e. The van der Waals surface area contributed by atoms with E-state index in [4.69, 9.17) is 28.4 Å². The molecule has 0 radical (unpaired) electrons. The summed E-state index contributed by atoms with van der Waals surface area (Å²) in [5.74, 6) is -0.884. The number of fused-ring (bicyclic) bond motifs is 2. The van der Waals surface area contributed by atoms with Crippen molar-refractivity contribution in [1.82, 2.24) is 0 Å². The molecule has 4 rings (SSSR count). The van der Waals surface area contributed by atoms with E-state index in [0.29, 0.717) is 25.9 Å². The number of carbonyl (C=O) groups excluding carboxylic acids is 1. The molecule has 0 spiro atoms. The monoisotopic (exact) mass is 458 g/mol. The Morgan fingerprint density at radius 2 is 1.72 bits per heavy atom. The quantitative estimate of drug-likeness (QED) is 0.589. The van der Waals surface area contributed by atoms with Gasteiger partial charge in [-0.15, -0.1) is 0 Å². The molecule has 184 valence electrons. The topological polar surface area (TPSA) is 113 Å². The van der Waals surface area contributed by atoms with Gasteiger partial charge < -0.3 is 38.6 Å². The van der Waals surface area contributed by atoms with Crippen LogP contribution in [0, 0.1) is 5.41 Å². The summed E-state index contributed by atoms with van der Waals surface area (Å²) in [5.41, 5.74) is -0.538. The Labute approximate surface area is 189 Å². The Kier molecular flexibility index (Phi) is 6.91. The molecule has 9 nitrogen and oxygen atoms in total. The summed E-state index contributed by atoms with van der Waals surface area (Å²) in [4.78, 5) is 12.0. The lowest BCUT2D eigenvalue weighted by Crippen LogP contribution is -2.61. The van der Waals surface area contributed by atoms with Gasteiger partial charge in [-0.05, 0) is 47.5 Å². The van der Waals surface area contributed by atoms with Crippen molar-refractivity contribution in [3.8, 4) is 0 Å². The first-order valence-electron chi connectivity index (χ1n) is 11.8. The molecule has 0 aromatic carbocycles. The number of hydrogen-bond acceptors (Lipinski definition) is 9. The molecule has 0 aromatic rings. The molecule has 4 saturated heterocycles. The number of ether oxygens (including phenoxy) is 6. The summed E-state index contributed by atoms with van der Waals surface area (Å²) in [6.45, 7) is 9.88. The van der Waals surface area contributed by atoms with E-state index < -0.39 is 47.8 Å². The van der Waals surface area contributed by atoms with Gasteiger partial charge in [-0.25, -0.2) is 0 Å². The molecule has 9 heteroatoms. The fourth-order valence-corrected chi connectivity index (χ4v) is 4.97. The van der Waals surface area contributed by atoms with Crippen LogP contribution in [0.4, 0.5) is 0 Å². The first-order chi connectivity index (χ1) is 14.9. The number of carbonyl (C=O) groups is 1. The van der Waals surface area contributed by atoms with E-state index >= 15 is 0 Å². The molecule has 0 bridgehead atoms. The third-order valence-electron chi connectivity index (χ3n) is 6.72. The van der Waals surface area contributed by atoms with Gasteiger partial charge in [0.25, 0.3) is 0 Å². The maximum Gasteiger partial charge on any atom is 0.311 e. The highest BCUT2D eigenvalue weighted by atomic mass is 16.7. The van der Waals surface area contributed by atoms with Gasteiger partial charge in [0.15, 0.2) is 5.79 Å². The van der Waals surface area contributed by atoms with Crippen LogP contribution < -0.4 is 0 Å². The molecule has 5 unspecified atom stereocenters. The van der Waals surface area contributed by atoms with E-state index in [1.165, 1.54) is 0 Å². The number of esters is 1. The predicted molar refractivity (Wildman–Crippen MR) is 112 cm³/mol.